The second-order valence-electron chi connectivity index (χ2n) is 4.55. The van der Waals surface area contributed by atoms with E-state index in [0.29, 0.717) is 5.41 Å². The lowest BCUT2D eigenvalue weighted by Gasteiger charge is -2.45. The monoisotopic (exact) mass is 153 g/mol. The molecule has 0 bridgehead atoms. The Kier molecular flexibility index (Phi) is 1.92. The summed E-state index contributed by atoms with van der Waals surface area (Å²) in [6.07, 6.45) is 7.33. The van der Waals surface area contributed by atoms with Crippen molar-refractivity contribution in [3.63, 3.8) is 0 Å². The van der Waals surface area contributed by atoms with Crippen LogP contribution in [-0.4, -0.2) is 13.1 Å². The first-order valence-electron chi connectivity index (χ1n) is 5.02. The van der Waals surface area contributed by atoms with Crippen LogP contribution in [0.3, 0.4) is 0 Å². The fourth-order valence-corrected chi connectivity index (χ4v) is 2.80. The van der Waals surface area contributed by atoms with Crippen molar-refractivity contribution in [2.75, 3.05) is 13.1 Å². The highest BCUT2D eigenvalue weighted by Gasteiger charge is 2.37. The second-order valence-corrected chi connectivity index (χ2v) is 4.55. The minimum atomic E-state index is 0.712. The lowest BCUT2D eigenvalue weighted by Crippen LogP contribution is -2.45. The van der Waals surface area contributed by atoms with Gasteiger partial charge >= 0.3 is 0 Å². The molecule has 0 unspecified atom stereocenters. The van der Waals surface area contributed by atoms with Crippen molar-refractivity contribution < 1.29 is 0 Å². The summed E-state index contributed by atoms with van der Waals surface area (Å²) in [6, 6.07) is 0. The molecule has 2 fully saturated rings. The smallest absolute Gasteiger partial charge is 0.00153 e. The summed E-state index contributed by atoms with van der Waals surface area (Å²) in [5.74, 6) is 0.991. The predicted molar refractivity (Wildman–Crippen MR) is 47.6 cm³/mol. The Morgan fingerprint density at radius 2 is 2.18 bits per heavy atom. The highest BCUT2D eigenvalue weighted by atomic mass is 14.9. The zero-order valence-electron chi connectivity index (χ0n) is 7.53. The molecule has 1 heteroatoms. The molecule has 1 aliphatic carbocycles. The highest BCUT2D eigenvalue weighted by molar-refractivity contribution is 4.90. The first-order chi connectivity index (χ1) is 5.31. The highest BCUT2D eigenvalue weighted by Crippen LogP contribution is 2.44. The third-order valence-corrected chi connectivity index (χ3v) is 3.80. The molecule has 2 aliphatic rings. The standard InChI is InChI=1S/C10H19N/c1-10-5-3-2-4-9(10)8-11-7-6-10/h9,11H,2-8H2,1H3/t9-,10-/m1/s1. The first-order valence-corrected chi connectivity index (χ1v) is 5.02. The summed E-state index contributed by atoms with van der Waals surface area (Å²) in [5, 5.41) is 3.51. The van der Waals surface area contributed by atoms with Gasteiger partial charge in [0.1, 0.15) is 0 Å². The van der Waals surface area contributed by atoms with Crippen LogP contribution in [0, 0.1) is 11.3 Å². The van der Waals surface area contributed by atoms with E-state index in [1.54, 1.807) is 0 Å². The molecular weight excluding hydrogens is 134 g/mol. The van der Waals surface area contributed by atoms with Crippen LogP contribution in [0.4, 0.5) is 0 Å². The molecule has 1 N–H and O–H groups in total. The minimum absolute atomic E-state index is 0.712. The maximum Gasteiger partial charge on any atom is -0.00153 e. The fraction of sp³-hybridized carbons (Fsp3) is 1.00. The number of nitrogens with one attached hydrogen (secondary N) is 1. The Labute approximate surface area is 69.6 Å². The maximum atomic E-state index is 3.51. The van der Waals surface area contributed by atoms with E-state index in [9.17, 15) is 0 Å². The van der Waals surface area contributed by atoms with Crippen LogP contribution >= 0.6 is 0 Å². The Morgan fingerprint density at radius 1 is 1.27 bits per heavy atom. The van der Waals surface area contributed by atoms with E-state index in [2.05, 4.69) is 12.2 Å². The van der Waals surface area contributed by atoms with E-state index in [4.69, 9.17) is 0 Å². The van der Waals surface area contributed by atoms with Gasteiger partial charge in [-0.2, -0.15) is 0 Å². The van der Waals surface area contributed by atoms with Gasteiger partial charge in [-0.25, -0.2) is 0 Å². The van der Waals surface area contributed by atoms with Crippen molar-refractivity contribution in [1.82, 2.24) is 5.32 Å². The average Bonchev–Trinajstić information content (AvgIpc) is 2.03. The van der Waals surface area contributed by atoms with E-state index < -0.39 is 0 Å². The van der Waals surface area contributed by atoms with Crippen LogP contribution in [0.5, 0.6) is 0 Å². The Bertz CT molecular complexity index is 130. The number of hydrogen-bond acceptors (Lipinski definition) is 1. The largest absolute Gasteiger partial charge is 0.316 e. The zero-order chi connectivity index (χ0) is 7.73. The summed E-state index contributed by atoms with van der Waals surface area (Å²) in [5.41, 5.74) is 0.712. The third kappa shape index (κ3) is 1.31. The Morgan fingerprint density at radius 3 is 3.00 bits per heavy atom. The van der Waals surface area contributed by atoms with E-state index in [0.717, 1.165) is 5.92 Å². The molecule has 1 saturated carbocycles. The molecule has 1 heterocycles. The van der Waals surface area contributed by atoms with Crippen LogP contribution in [-0.2, 0) is 0 Å². The van der Waals surface area contributed by atoms with Crippen molar-refractivity contribution in [2.45, 2.75) is 39.0 Å². The normalized spacial score (nSPS) is 45.0. The average molecular weight is 153 g/mol. The summed E-state index contributed by atoms with van der Waals surface area (Å²) in [7, 11) is 0. The summed E-state index contributed by atoms with van der Waals surface area (Å²) in [4.78, 5) is 0. The maximum absolute atomic E-state index is 3.51. The van der Waals surface area contributed by atoms with Gasteiger partial charge in [0.05, 0.1) is 0 Å². The fourth-order valence-electron chi connectivity index (χ4n) is 2.80. The molecule has 11 heavy (non-hydrogen) atoms. The molecule has 1 nitrogen and oxygen atoms in total. The van der Waals surface area contributed by atoms with Gasteiger partial charge in [-0.3, -0.25) is 0 Å². The van der Waals surface area contributed by atoms with Gasteiger partial charge in [0.2, 0.25) is 0 Å². The van der Waals surface area contributed by atoms with E-state index >= 15 is 0 Å². The van der Waals surface area contributed by atoms with Crippen molar-refractivity contribution in [2.24, 2.45) is 11.3 Å². The number of piperidine rings is 1. The van der Waals surface area contributed by atoms with E-state index in [1.165, 1.54) is 45.2 Å². The number of hydrogen-bond donors (Lipinski definition) is 1. The molecule has 64 valence electrons. The molecule has 0 spiro atoms. The van der Waals surface area contributed by atoms with Crippen molar-refractivity contribution >= 4 is 0 Å². The zero-order valence-corrected chi connectivity index (χ0v) is 7.53. The van der Waals surface area contributed by atoms with Gasteiger partial charge in [-0.1, -0.05) is 19.8 Å². The molecule has 0 aromatic carbocycles. The van der Waals surface area contributed by atoms with Crippen molar-refractivity contribution in [3.8, 4) is 0 Å². The van der Waals surface area contributed by atoms with Gasteiger partial charge in [0, 0.05) is 0 Å². The molecule has 0 aromatic heterocycles. The molecule has 1 aliphatic heterocycles. The summed E-state index contributed by atoms with van der Waals surface area (Å²) < 4.78 is 0. The molecule has 0 amide bonds. The molecule has 2 atom stereocenters. The molecule has 1 saturated heterocycles. The molecule has 0 radical (unpaired) electrons. The first kappa shape index (κ1) is 7.60. The van der Waals surface area contributed by atoms with Crippen LogP contribution < -0.4 is 5.32 Å². The lowest BCUT2D eigenvalue weighted by atomic mass is 9.64. The van der Waals surface area contributed by atoms with Crippen LogP contribution in [0.2, 0.25) is 0 Å². The van der Waals surface area contributed by atoms with Crippen LogP contribution in [0.15, 0.2) is 0 Å². The minimum Gasteiger partial charge on any atom is -0.316 e. The Hall–Kier alpha value is -0.0400. The molecule has 0 aromatic rings. The molecule has 2 rings (SSSR count). The SMILES string of the molecule is C[C@]12CCCC[C@@H]1CNCC2. The number of fused-ring (bicyclic) bond motifs is 1. The Balaban J connectivity index is 2.06. The van der Waals surface area contributed by atoms with Gasteiger partial charge < -0.3 is 5.32 Å². The van der Waals surface area contributed by atoms with Gasteiger partial charge in [0.15, 0.2) is 0 Å². The predicted octanol–water partition coefficient (Wildman–Crippen LogP) is 2.18. The molecular formula is C10H19N. The summed E-state index contributed by atoms with van der Waals surface area (Å²) in [6.45, 7) is 5.04. The van der Waals surface area contributed by atoms with Crippen LogP contribution in [0.25, 0.3) is 0 Å². The third-order valence-electron chi connectivity index (χ3n) is 3.80. The van der Waals surface area contributed by atoms with Crippen LogP contribution in [0.1, 0.15) is 39.0 Å². The topological polar surface area (TPSA) is 12.0 Å². The summed E-state index contributed by atoms with van der Waals surface area (Å²) >= 11 is 0. The van der Waals surface area contributed by atoms with Gasteiger partial charge in [0.25, 0.3) is 0 Å². The van der Waals surface area contributed by atoms with E-state index in [1.807, 2.05) is 0 Å². The van der Waals surface area contributed by atoms with Gasteiger partial charge in [-0.15, -0.1) is 0 Å². The quantitative estimate of drug-likeness (QED) is 0.562. The second kappa shape index (κ2) is 2.78. The number of rotatable bonds is 0. The van der Waals surface area contributed by atoms with Crippen molar-refractivity contribution in [1.29, 1.82) is 0 Å². The lowest BCUT2D eigenvalue weighted by molar-refractivity contribution is 0.0771. The van der Waals surface area contributed by atoms with E-state index in [-0.39, 0.29) is 0 Å². The van der Waals surface area contributed by atoms with Crippen molar-refractivity contribution in [3.05, 3.63) is 0 Å². The van der Waals surface area contributed by atoms with Gasteiger partial charge in [-0.05, 0) is 43.7 Å².